The normalized spacial score (nSPS) is 18.1. The zero-order valence-corrected chi connectivity index (χ0v) is 13.7. The largest absolute Gasteiger partial charge is 0.351 e. The highest BCUT2D eigenvalue weighted by Gasteiger charge is 2.27. The van der Waals surface area contributed by atoms with Crippen molar-refractivity contribution in [3.8, 4) is 0 Å². The van der Waals surface area contributed by atoms with E-state index in [4.69, 9.17) is 0 Å². The second-order valence-corrected chi connectivity index (χ2v) is 6.82. The Bertz CT molecular complexity index is 467. The lowest BCUT2D eigenvalue weighted by molar-refractivity contribution is 0.0921. The van der Waals surface area contributed by atoms with Crippen LogP contribution in [0, 0.1) is 15.9 Å². The SMILES string of the molecule is Cc1c(I)cccc1C(=O)NCC1(C)CCNCC1. The molecule has 2 rings (SSSR count). The first kappa shape index (κ1) is 14.8. The van der Waals surface area contributed by atoms with Crippen LogP contribution in [0.5, 0.6) is 0 Å². The molecule has 0 bridgehead atoms. The van der Waals surface area contributed by atoms with Gasteiger partial charge < -0.3 is 10.6 Å². The summed E-state index contributed by atoms with van der Waals surface area (Å²) in [6, 6.07) is 5.87. The van der Waals surface area contributed by atoms with Gasteiger partial charge in [-0.15, -0.1) is 0 Å². The van der Waals surface area contributed by atoms with Crippen LogP contribution in [0.1, 0.15) is 35.7 Å². The smallest absolute Gasteiger partial charge is 0.251 e. The summed E-state index contributed by atoms with van der Waals surface area (Å²) in [6.07, 6.45) is 2.25. The number of hydrogen-bond acceptors (Lipinski definition) is 2. The number of amides is 1. The van der Waals surface area contributed by atoms with Crippen LogP contribution in [0.25, 0.3) is 0 Å². The maximum absolute atomic E-state index is 12.3. The van der Waals surface area contributed by atoms with Crippen molar-refractivity contribution >= 4 is 28.5 Å². The van der Waals surface area contributed by atoms with Crippen LogP contribution >= 0.6 is 22.6 Å². The molecule has 4 heteroatoms. The van der Waals surface area contributed by atoms with Gasteiger partial charge in [-0.05, 0) is 78.6 Å². The van der Waals surface area contributed by atoms with E-state index in [9.17, 15) is 4.79 Å². The molecule has 0 spiro atoms. The topological polar surface area (TPSA) is 41.1 Å². The zero-order valence-electron chi connectivity index (χ0n) is 11.6. The van der Waals surface area contributed by atoms with Crippen molar-refractivity contribution in [2.45, 2.75) is 26.7 Å². The number of rotatable bonds is 3. The number of hydrogen-bond donors (Lipinski definition) is 2. The van der Waals surface area contributed by atoms with Gasteiger partial charge in [0, 0.05) is 15.7 Å². The molecule has 1 aliphatic heterocycles. The van der Waals surface area contributed by atoms with Crippen molar-refractivity contribution in [3.63, 3.8) is 0 Å². The predicted octanol–water partition coefficient (Wildman–Crippen LogP) is 2.72. The van der Waals surface area contributed by atoms with Crippen molar-refractivity contribution in [2.24, 2.45) is 5.41 Å². The molecule has 0 saturated carbocycles. The Kier molecular flexibility index (Phi) is 4.84. The van der Waals surface area contributed by atoms with Crippen molar-refractivity contribution in [1.82, 2.24) is 10.6 Å². The molecule has 1 amide bonds. The summed E-state index contributed by atoms with van der Waals surface area (Å²) in [7, 11) is 0. The lowest BCUT2D eigenvalue weighted by Gasteiger charge is -2.34. The summed E-state index contributed by atoms with van der Waals surface area (Å²) in [6.45, 7) is 7.13. The molecular formula is C15H21IN2O. The summed E-state index contributed by atoms with van der Waals surface area (Å²) in [4.78, 5) is 12.3. The molecule has 3 nitrogen and oxygen atoms in total. The van der Waals surface area contributed by atoms with Gasteiger partial charge in [0.1, 0.15) is 0 Å². The van der Waals surface area contributed by atoms with Gasteiger partial charge >= 0.3 is 0 Å². The van der Waals surface area contributed by atoms with Gasteiger partial charge in [-0.3, -0.25) is 4.79 Å². The lowest BCUT2D eigenvalue weighted by Crippen LogP contribution is -2.43. The molecule has 0 unspecified atom stereocenters. The molecule has 0 radical (unpaired) electrons. The monoisotopic (exact) mass is 372 g/mol. The van der Waals surface area contributed by atoms with Gasteiger partial charge in [0.2, 0.25) is 0 Å². The first-order valence-electron chi connectivity index (χ1n) is 6.76. The molecule has 1 aromatic carbocycles. The van der Waals surface area contributed by atoms with E-state index >= 15 is 0 Å². The Hall–Kier alpha value is -0.620. The van der Waals surface area contributed by atoms with Gasteiger partial charge in [-0.1, -0.05) is 13.0 Å². The Labute approximate surface area is 128 Å². The third kappa shape index (κ3) is 3.69. The van der Waals surface area contributed by atoms with Crippen LogP contribution in [0.2, 0.25) is 0 Å². The first-order valence-corrected chi connectivity index (χ1v) is 7.84. The molecule has 0 atom stereocenters. The van der Waals surface area contributed by atoms with Crippen molar-refractivity contribution in [2.75, 3.05) is 19.6 Å². The van der Waals surface area contributed by atoms with E-state index in [0.29, 0.717) is 0 Å². The summed E-state index contributed by atoms with van der Waals surface area (Å²) >= 11 is 2.27. The average molecular weight is 372 g/mol. The highest BCUT2D eigenvalue weighted by atomic mass is 127. The number of carbonyl (C=O) groups is 1. The number of nitrogens with one attached hydrogen (secondary N) is 2. The summed E-state index contributed by atoms with van der Waals surface area (Å²) in [5.74, 6) is 0.0516. The third-order valence-electron chi connectivity index (χ3n) is 4.00. The quantitative estimate of drug-likeness (QED) is 0.802. The van der Waals surface area contributed by atoms with Crippen LogP contribution in [0.4, 0.5) is 0 Å². The second kappa shape index (κ2) is 6.22. The van der Waals surface area contributed by atoms with Gasteiger partial charge in [0.25, 0.3) is 5.91 Å². The van der Waals surface area contributed by atoms with Crippen molar-refractivity contribution in [3.05, 3.63) is 32.9 Å². The minimum Gasteiger partial charge on any atom is -0.351 e. The Balaban J connectivity index is 1.99. The lowest BCUT2D eigenvalue weighted by atomic mass is 9.81. The molecule has 104 valence electrons. The minimum absolute atomic E-state index is 0.0516. The molecule has 1 saturated heterocycles. The van der Waals surface area contributed by atoms with E-state index in [0.717, 1.165) is 47.2 Å². The van der Waals surface area contributed by atoms with Crippen LogP contribution in [0.3, 0.4) is 0 Å². The van der Waals surface area contributed by atoms with E-state index in [-0.39, 0.29) is 11.3 Å². The number of piperidine rings is 1. The highest BCUT2D eigenvalue weighted by Crippen LogP contribution is 2.27. The molecular weight excluding hydrogens is 351 g/mol. The van der Waals surface area contributed by atoms with Gasteiger partial charge in [-0.2, -0.15) is 0 Å². The van der Waals surface area contributed by atoms with E-state index in [1.54, 1.807) is 0 Å². The Morgan fingerprint density at radius 1 is 1.42 bits per heavy atom. The van der Waals surface area contributed by atoms with Crippen molar-refractivity contribution in [1.29, 1.82) is 0 Å². The minimum atomic E-state index is 0.0516. The van der Waals surface area contributed by atoms with Crippen LogP contribution in [-0.2, 0) is 0 Å². The van der Waals surface area contributed by atoms with Crippen molar-refractivity contribution < 1.29 is 4.79 Å². The standard InChI is InChI=1S/C15H21IN2O/c1-11-12(4-3-5-13(11)16)14(19)18-10-15(2)6-8-17-9-7-15/h3-5,17H,6-10H2,1-2H3,(H,18,19). The molecule has 19 heavy (non-hydrogen) atoms. The van der Waals surface area contributed by atoms with E-state index in [2.05, 4.69) is 40.1 Å². The second-order valence-electron chi connectivity index (χ2n) is 5.66. The fourth-order valence-electron chi connectivity index (χ4n) is 2.45. The zero-order chi connectivity index (χ0) is 13.9. The fraction of sp³-hybridized carbons (Fsp3) is 0.533. The highest BCUT2D eigenvalue weighted by molar-refractivity contribution is 14.1. The molecule has 0 aliphatic carbocycles. The van der Waals surface area contributed by atoms with E-state index in [1.165, 1.54) is 0 Å². The van der Waals surface area contributed by atoms with E-state index in [1.807, 2.05) is 25.1 Å². The van der Waals surface area contributed by atoms with E-state index < -0.39 is 0 Å². The van der Waals surface area contributed by atoms with Gasteiger partial charge in [-0.25, -0.2) is 0 Å². The van der Waals surface area contributed by atoms with Crippen LogP contribution in [0.15, 0.2) is 18.2 Å². The van der Waals surface area contributed by atoms with Gasteiger partial charge in [0.15, 0.2) is 0 Å². The van der Waals surface area contributed by atoms with Gasteiger partial charge in [0.05, 0.1) is 0 Å². The third-order valence-corrected chi connectivity index (χ3v) is 5.17. The molecule has 1 fully saturated rings. The summed E-state index contributed by atoms with van der Waals surface area (Å²) in [5, 5.41) is 6.47. The van der Waals surface area contributed by atoms with Crippen LogP contribution < -0.4 is 10.6 Å². The maximum Gasteiger partial charge on any atom is 0.251 e. The first-order chi connectivity index (χ1) is 9.02. The number of carbonyl (C=O) groups excluding carboxylic acids is 1. The molecule has 1 aromatic rings. The molecule has 0 aromatic heterocycles. The summed E-state index contributed by atoms with van der Waals surface area (Å²) < 4.78 is 1.14. The molecule has 1 aliphatic rings. The fourth-order valence-corrected chi connectivity index (χ4v) is 2.95. The number of benzene rings is 1. The average Bonchev–Trinajstić information content (AvgIpc) is 2.40. The van der Waals surface area contributed by atoms with Crippen LogP contribution in [-0.4, -0.2) is 25.5 Å². The Morgan fingerprint density at radius 3 is 2.79 bits per heavy atom. The summed E-state index contributed by atoms with van der Waals surface area (Å²) in [5.41, 5.74) is 2.09. The predicted molar refractivity (Wildman–Crippen MR) is 86.4 cm³/mol. The molecule has 2 N–H and O–H groups in total. The number of halogens is 1. The maximum atomic E-state index is 12.3. The molecule has 1 heterocycles. The Morgan fingerprint density at radius 2 is 2.11 bits per heavy atom.